The minimum atomic E-state index is -3.72. The molecule has 73 valence electrons. The summed E-state index contributed by atoms with van der Waals surface area (Å²) >= 11 is 7.63. The molecule has 0 N–H and O–H groups in total. The Bertz CT molecular complexity index is 132. The van der Waals surface area contributed by atoms with Crippen LogP contribution in [0.2, 0.25) is 8.62 Å². The molecule has 0 radical (unpaired) electrons. The molecule has 12 heavy (non-hydrogen) atoms. The van der Waals surface area contributed by atoms with E-state index in [-0.39, 0.29) is 0 Å². The monoisotopic (exact) mass is 311 g/mol. The molecule has 0 aromatic heterocycles. The van der Waals surface area contributed by atoms with Crippen LogP contribution in [0.5, 0.6) is 0 Å². The van der Waals surface area contributed by atoms with Crippen molar-refractivity contribution in [2.75, 3.05) is 0 Å². The van der Waals surface area contributed by atoms with Crippen LogP contribution in [0, 0.1) is 0 Å². The van der Waals surface area contributed by atoms with Gasteiger partial charge in [0.15, 0.2) is 0 Å². The first-order valence-corrected chi connectivity index (χ1v) is 9.48. The first-order valence-electron chi connectivity index (χ1n) is 3.51. The Kier molecular flexibility index (Phi) is 10.7. The van der Waals surface area contributed by atoms with E-state index in [1.165, 1.54) is 0 Å². The summed E-state index contributed by atoms with van der Waals surface area (Å²) in [6, 6.07) is 0. The fourth-order valence-corrected chi connectivity index (χ4v) is 3.22. The third kappa shape index (κ3) is 41.5. The third-order valence-electron chi connectivity index (χ3n) is 0.544. The van der Waals surface area contributed by atoms with E-state index < -0.39 is 5.69 Å². The Morgan fingerprint density at radius 3 is 1.33 bits per heavy atom. The largest absolute Gasteiger partial charge is 0.850 e. The van der Waals surface area contributed by atoms with Gasteiger partial charge in [-0.25, -0.2) is 0 Å². The summed E-state index contributed by atoms with van der Waals surface area (Å²) in [5.74, 6) is 0. The first kappa shape index (κ1) is 16.1. The van der Waals surface area contributed by atoms with Crippen molar-refractivity contribution < 1.29 is 28.3 Å². The Morgan fingerprint density at radius 2 is 1.33 bits per heavy atom. The molecule has 0 aliphatic heterocycles. The predicted molar refractivity (Wildman–Crippen MR) is 51.8 cm³/mol. The normalized spacial score (nSPS) is 10.8. The van der Waals surface area contributed by atoms with Crippen LogP contribution in [0.3, 0.4) is 0 Å². The van der Waals surface area contributed by atoms with Crippen LogP contribution in [0.15, 0.2) is 0 Å². The van der Waals surface area contributed by atoms with Crippen LogP contribution >= 0.6 is 5.69 Å². The molecule has 0 aliphatic rings. The molecular weight excluding hydrogens is 295 g/mol. The van der Waals surface area contributed by atoms with Gasteiger partial charge in [-0.05, 0) is 0 Å². The Balaban J connectivity index is 0. The molecule has 0 fully saturated rings. The number of hydrogen-bond donors (Lipinski definition) is 0. The zero-order chi connectivity index (χ0) is 10.4. The maximum atomic E-state index is 9.29. The average molecular weight is 309 g/mol. The molecule has 0 bridgehead atoms. The molecule has 0 amide bonds. The molecule has 0 aromatic carbocycles. The Morgan fingerprint density at radius 1 is 1.17 bits per heavy atom. The van der Waals surface area contributed by atoms with Gasteiger partial charge in [0.25, 0.3) is 0 Å². The fourth-order valence-electron chi connectivity index (χ4n) is 0.544. The van der Waals surface area contributed by atoms with E-state index in [0.717, 1.165) is 8.62 Å². The molecule has 0 heterocycles. The summed E-state index contributed by atoms with van der Waals surface area (Å²) < 4.78 is 2.01. The van der Waals surface area contributed by atoms with Crippen LogP contribution in [0.4, 0.5) is 0 Å². The van der Waals surface area contributed by atoms with E-state index in [9.17, 15) is 9.79 Å². The van der Waals surface area contributed by atoms with E-state index >= 15 is 0 Å². The number of rotatable bonds is 2. The summed E-state index contributed by atoms with van der Waals surface area (Å²) in [7, 11) is 0. The van der Waals surface area contributed by atoms with Gasteiger partial charge in [0.1, 0.15) is 0 Å². The SMILES string of the molecule is C[CH](C)[Mo+3][CH](C)C.[O-]P([O-])(=S)[S-]. The zero-order valence-corrected chi connectivity index (χ0v) is 12.2. The maximum Gasteiger partial charge on any atom is -0.160 e. The van der Waals surface area contributed by atoms with Gasteiger partial charge in [0.05, 0.1) is 0 Å². The standard InChI is InChI=1S/2C3H7.Mo.H3O2PS2/c2*1-3-2;;1-3(2,4)5/h2*3H,1-2H3;;(H3,1,2,4,5)/q;;+3;/p-3. The molecule has 0 aromatic rings. The summed E-state index contributed by atoms with van der Waals surface area (Å²) in [6.45, 7) is 9.29. The van der Waals surface area contributed by atoms with Crippen LogP contribution in [0.25, 0.3) is 0 Å². The van der Waals surface area contributed by atoms with Gasteiger partial charge >= 0.3 is 54.9 Å². The van der Waals surface area contributed by atoms with E-state index in [4.69, 9.17) is 0 Å². The summed E-state index contributed by atoms with van der Waals surface area (Å²) in [4.78, 5) is 18.6. The third-order valence-corrected chi connectivity index (χ3v) is 3.22. The van der Waals surface area contributed by atoms with Crippen molar-refractivity contribution in [2.45, 2.75) is 36.3 Å². The van der Waals surface area contributed by atoms with Crippen LogP contribution in [-0.4, -0.2) is 0 Å². The molecule has 0 saturated heterocycles. The van der Waals surface area contributed by atoms with Gasteiger partial charge in [0.2, 0.25) is 0 Å². The molecule has 2 nitrogen and oxygen atoms in total. The molecular formula is C6H14MoO2PS2. The van der Waals surface area contributed by atoms with E-state index in [0.29, 0.717) is 18.6 Å². The summed E-state index contributed by atoms with van der Waals surface area (Å²) in [6.07, 6.45) is 0. The topological polar surface area (TPSA) is 46.1 Å². The number of hydrogen-bond acceptors (Lipinski definition) is 4. The van der Waals surface area contributed by atoms with Gasteiger partial charge < -0.3 is 27.7 Å². The van der Waals surface area contributed by atoms with Crippen molar-refractivity contribution in [3.63, 3.8) is 0 Å². The van der Waals surface area contributed by atoms with E-state index in [1.807, 2.05) is 0 Å². The Labute approximate surface area is 94.0 Å². The summed E-state index contributed by atoms with van der Waals surface area (Å²) in [5.41, 5.74) is -3.72. The second-order valence-electron chi connectivity index (χ2n) is 2.68. The quantitative estimate of drug-likeness (QED) is 0.437. The molecule has 0 unspecified atom stereocenters. The van der Waals surface area contributed by atoms with Gasteiger partial charge in [-0.1, -0.05) is 0 Å². The molecule has 0 saturated carbocycles. The van der Waals surface area contributed by atoms with E-state index in [2.05, 4.69) is 51.8 Å². The smallest absolute Gasteiger partial charge is 0.160 e. The average Bonchev–Trinajstić information content (AvgIpc) is 1.52. The minimum Gasteiger partial charge on any atom is -0.850 e. The van der Waals surface area contributed by atoms with Gasteiger partial charge in [-0.2, -0.15) is 11.8 Å². The van der Waals surface area contributed by atoms with Crippen molar-refractivity contribution in [1.29, 1.82) is 0 Å². The predicted octanol–water partition coefficient (Wildman–Crippen LogP) is 1.20. The first-order chi connectivity index (χ1) is 5.13. The minimum absolute atomic E-state index is 0.350. The second-order valence-corrected chi connectivity index (χ2v) is 12.5. The van der Waals surface area contributed by atoms with Crippen molar-refractivity contribution >= 4 is 29.7 Å². The van der Waals surface area contributed by atoms with Crippen molar-refractivity contribution in [3.05, 3.63) is 0 Å². The molecule has 0 rings (SSSR count). The second kappa shape index (κ2) is 7.96. The zero-order valence-electron chi connectivity index (χ0n) is 7.64. The van der Waals surface area contributed by atoms with Crippen molar-refractivity contribution in [1.82, 2.24) is 0 Å². The van der Waals surface area contributed by atoms with Gasteiger partial charge in [0, 0.05) is 0 Å². The van der Waals surface area contributed by atoms with Crippen molar-refractivity contribution in [2.24, 2.45) is 0 Å². The van der Waals surface area contributed by atoms with E-state index in [1.54, 1.807) is 0 Å². The molecule has 0 atom stereocenters. The fraction of sp³-hybridized carbons (Fsp3) is 1.00. The van der Waals surface area contributed by atoms with Crippen LogP contribution < -0.4 is 9.79 Å². The van der Waals surface area contributed by atoms with Gasteiger partial charge in [-0.3, -0.25) is 0 Å². The maximum absolute atomic E-state index is 9.29. The Hall–Kier alpha value is 1.61. The molecule has 0 aliphatic carbocycles. The molecule has 6 heteroatoms. The van der Waals surface area contributed by atoms with Crippen LogP contribution in [0.1, 0.15) is 27.7 Å². The van der Waals surface area contributed by atoms with Crippen molar-refractivity contribution in [3.8, 4) is 0 Å². The summed E-state index contributed by atoms with van der Waals surface area (Å²) in [5, 5.41) is 0. The molecule has 0 spiro atoms. The van der Waals surface area contributed by atoms with Gasteiger partial charge in [-0.15, -0.1) is 0 Å². The van der Waals surface area contributed by atoms with Crippen LogP contribution in [-0.2, 0) is 42.6 Å².